The van der Waals surface area contributed by atoms with Gasteiger partial charge in [0.15, 0.2) is 0 Å². The lowest BCUT2D eigenvalue weighted by Crippen LogP contribution is -2.29. The maximum Gasteiger partial charge on any atom is 0.300 e. The molecule has 0 radical (unpaired) electrons. The Hall–Kier alpha value is -3.29. The summed E-state index contributed by atoms with van der Waals surface area (Å²) < 4.78 is 11.1. The SMILES string of the molecule is COc1ccc(N2C(=O)C(=O)/C(=C(\O)c3ccc(OCC(C)C)c(C)c3)C2c2sccc2C)cc1Cl. The molecule has 0 aliphatic carbocycles. The normalized spacial score (nSPS) is 17.2. The van der Waals surface area contributed by atoms with Crippen LogP contribution in [0.15, 0.2) is 53.4 Å². The maximum absolute atomic E-state index is 13.4. The number of aliphatic hydroxyl groups is 1. The van der Waals surface area contributed by atoms with E-state index in [1.165, 1.54) is 23.3 Å². The van der Waals surface area contributed by atoms with E-state index in [1.807, 2.05) is 25.3 Å². The number of aryl methyl sites for hydroxylation is 2. The lowest BCUT2D eigenvalue weighted by molar-refractivity contribution is -0.132. The lowest BCUT2D eigenvalue weighted by Gasteiger charge is -2.25. The number of hydrogen-bond acceptors (Lipinski definition) is 6. The van der Waals surface area contributed by atoms with Crippen LogP contribution in [0.5, 0.6) is 11.5 Å². The molecule has 2 aromatic carbocycles. The van der Waals surface area contributed by atoms with Gasteiger partial charge in [-0.05, 0) is 78.7 Å². The Morgan fingerprint density at radius 1 is 1.08 bits per heavy atom. The second-order valence-electron chi connectivity index (χ2n) is 9.14. The Morgan fingerprint density at radius 2 is 1.81 bits per heavy atom. The molecule has 6 nitrogen and oxygen atoms in total. The van der Waals surface area contributed by atoms with Crippen LogP contribution in [0.2, 0.25) is 5.02 Å². The molecule has 1 amide bonds. The summed E-state index contributed by atoms with van der Waals surface area (Å²) >= 11 is 7.77. The van der Waals surface area contributed by atoms with Gasteiger partial charge in [-0.3, -0.25) is 14.5 Å². The molecule has 1 aliphatic heterocycles. The molecule has 1 N–H and O–H groups in total. The molecule has 188 valence electrons. The molecule has 1 saturated heterocycles. The van der Waals surface area contributed by atoms with Gasteiger partial charge < -0.3 is 14.6 Å². The highest BCUT2D eigenvalue weighted by Gasteiger charge is 2.48. The molecule has 1 aliphatic rings. The number of carbonyl (C=O) groups excluding carboxylic acids is 2. The minimum Gasteiger partial charge on any atom is -0.507 e. The van der Waals surface area contributed by atoms with Gasteiger partial charge in [0.05, 0.1) is 24.3 Å². The first kappa shape index (κ1) is 25.8. The van der Waals surface area contributed by atoms with Crippen LogP contribution in [0.3, 0.4) is 0 Å². The van der Waals surface area contributed by atoms with Crippen LogP contribution in [0.1, 0.15) is 41.5 Å². The van der Waals surface area contributed by atoms with Gasteiger partial charge in [-0.15, -0.1) is 11.3 Å². The smallest absolute Gasteiger partial charge is 0.300 e. The number of Topliss-reactive ketones (excluding diaryl/α,β-unsaturated/α-hetero) is 1. The molecule has 0 spiro atoms. The molecule has 1 unspecified atom stereocenters. The number of thiophene rings is 1. The number of methoxy groups -OCH3 is 1. The highest BCUT2D eigenvalue weighted by molar-refractivity contribution is 7.10. The molecule has 3 aromatic rings. The summed E-state index contributed by atoms with van der Waals surface area (Å²) in [5, 5.41) is 13.6. The number of halogens is 1. The number of ether oxygens (including phenoxy) is 2. The number of carbonyl (C=O) groups is 2. The summed E-state index contributed by atoms with van der Waals surface area (Å²) in [7, 11) is 1.50. The number of rotatable bonds is 7. The van der Waals surface area contributed by atoms with E-state index in [-0.39, 0.29) is 11.3 Å². The van der Waals surface area contributed by atoms with Crippen LogP contribution >= 0.6 is 22.9 Å². The average molecular weight is 526 g/mol. The number of anilines is 1. The summed E-state index contributed by atoms with van der Waals surface area (Å²) in [5.41, 5.74) is 2.64. The second-order valence-corrected chi connectivity index (χ2v) is 10.5. The molecule has 2 heterocycles. The summed E-state index contributed by atoms with van der Waals surface area (Å²) in [4.78, 5) is 28.9. The van der Waals surface area contributed by atoms with Crippen LogP contribution in [-0.4, -0.2) is 30.5 Å². The number of amides is 1. The first-order chi connectivity index (χ1) is 17.1. The van der Waals surface area contributed by atoms with Crippen molar-refractivity contribution in [2.45, 2.75) is 33.7 Å². The van der Waals surface area contributed by atoms with Crippen molar-refractivity contribution in [3.63, 3.8) is 0 Å². The van der Waals surface area contributed by atoms with Crippen LogP contribution < -0.4 is 14.4 Å². The number of aliphatic hydroxyl groups excluding tert-OH is 1. The van der Waals surface area contributed by atoms with Gasteiger partial charge in [0, 0.05) is 16.1 Å². The third-order valence-electron chi connectivity index (χ3n) is 6.03. The summed E-state index contributed by atoms with van der Waals surface area (Å²) in [6.07, 6.45) is 0. The maximum atomic E-state index is 13.4. The fourth-order valence-corrected chi connectivity index (χ4v) is 5.46. The van der Waals surface area contributed by atoms with Gasteiger partial charge in [0.2, 0.25) is 0 Å². The van der Waals surface area contributed by atoms with E-state index in [0.29, 0.717) is 40.3 Å². The highest BCUT2D eigenvalue weighted by Crippen LogP contribution is 2.46. The van der Waals surface area contributed by atoms with Crippen molar-refractivity contribution < 1.29 is 24.2 Å². The fourth-order valence-electron chi connectivity index (χ4n) is 4.19. The molecule has 36 heavy (non-hydrogen) atoms. The quantitative estimate of drug-likeness (QED) is 0.211. The number of benzene rings is 2. The molecule has 4 rings (SSSR count). The third kappa shape index (κ3) is 4.73. The van der Waals surface area contributed by atoms with E-state index in [4.69, 9.17) is 21.1 Å². The lowest BCUT2D eigenvalue weighted by atomic mass is 9.97. The predicted molar refractivity (Wildman–Crippen MR) is 143 cm³/mol. The predicted octanol–water partition coefficient (Wildman–Crippen LogP) is 6.69. The topological polar surface area (TPSA) is 76.1 Å². The van der Waals surface area contributed by atoms with Crippen molar-refractivity contribution in [2.24, 2.45) is 5.92 Å². The number of nitrogens with zero attached hydrogens (tertiary/aromatic N) is 1. The largest absolute Gasteiger partial charge is 0.507 e. The molecule has 8 heteroatoms. The summed E-state index contributed by atoms with van der Waals surface area (Å²) in [5.74, 6) is -0.185. The van der Waals surface area contributed by atoms with Crippen molar-refractivity contribution >= 4 is 46.1 Å². The Balaban J connectivity index is 1.85. The summed E-state index contributed by atoms with van der Waals surface area (Å²) in [6.45, 7) is 8.50. The van der Waals surface area contributed by atoms with Crippen LogP contribution in [0.4, 0.5) is 5.69 Å². The Kier molecular flexibility index (Phi) is 7.43. The van der Waals surface area contributed by atoms with Gasteiger partial charge in [-0.25, -0.2) is 0 Å². The second kappa shape index (κ2) is 10.4. The Bertz CT molecular complexity index is 1360. The van der Waals surface area contributed by atoms with Crippen molar-refractivity contribution in [3.8, 4) is 11.5 Å². The fraction of sp³-hybridized carbons (Fsp3) is 0.286. The molecular weight excluding hydrogens is 498 g/mol. The van der Waals surface area contributed by atoms with E-state index < -0.39 is 17.7 Å². The van der Waals surface area contributed by atoms with E-state index in [1.54, 1.807) is 36.4 Å². The van der Waals surface area contributed by atoms with Crippen LogP contribution in [0, 0.1) is 19.8 Å². The average Bonchev–Trinajstić information content (AvgIpc) is 3.37. The van der Waals surface area contributed by atoms with Gasteiger partial charge >= 0.3 is 0 Å². The number of hydrogen-bond donors (Lipinski definition) is 1. The zero-order chi connectivity index (χ0) is 26.1. The monoisotopic (exact) mass is 525 g/mol. The minimum absolute atomic E-state index is 0.0349. The molecule has 0 saturated carbocycles. The van der Waals surface area contributed by atoms with Gasteiger partial charge in [0.25, 0.3) is 11.7 Å². The van der Waals surface area contributed by atoms with Crippen molar-refractivity contribution in [1.29, 1.82) is 0 Å². The standard InChI is InChI=1S/C28H28ClNO5S/c1-15(2)14-35-21-8-6-18(12-17(21)4)25(31)23-24(27-16(3)10-11-36-27)30(28(33)26(23)32)19-7-9-22(34-5)20(29)13-19/h6-13,15,24,31H,14H2,1-5H3/b25-23-. The van der Waals surface area contributed by atoms with E-state index in [2.05, 4.69) is 13.8 Å². The van der Waals surface area contributed by atoms with Crippen molar-refractivity contribution in [3.05, 3.63) is 80.0 Å². The zero-order valence-corrected chi connectivity index (χ0v) is 22.4. The van der Waals surface area contributed by atoms with Crippen molar-refractivity contribution in [1.82, 2.24) is 0 Å². The van der Waals surface area contributed by atoms with Gasteiger partial charge in [-0.2, -0.15) is 0 Å². The van der Waals surface area contributed by atoms with Crippen LogP contribution in [0.25, 0.3) is 5.76 Å². The van der Waals surface area contributed by atoms with E-state index >= 15 is 0 Å². The summed E-state index contributed by atoms with van der Waals surface area (Å²) in [6, 6.07) is 11.3. The van der Waals surface area contributed by atoms with Gasteiger partial charge in [-0.1, -0.05) is 25.4 Å². The minimum atomic E-state index is -0.799. The van der Waals surface area contributed by atoms with Gasteiger partial charge in [0.1, 0.15) is 23.3 Å². The molecule has 1 aromatic heterocycles. The number of ketones is 1. The first-order valence-electron chi connectivity index (χ1n) is 11.6. The molecular formula is C28H28ClNO5S. The third-order valence-corrected chi connectivity index (χ3v) is 7.40. The van der Waals surface area contributed by atoms with E-state index in [0.717, 1.165) is 16.0 Å². The zero-order valence-electron chi connectivity index (χ0n) is 20.8. The van der Waals surface area contributed by atoms with Crippen LogP contribution in [-0.2, 0) is 9.59 Å². The highest BCUT2D eigenvalue weighted by atomic mass is 35.5. The molecule has 1 atom stereocenters. The molecule has 0 bridgehead atoms. The van der Waals surface area contributed by atoms with E-state index in [9.17, 15) is 14.7 Å². The molecule has 1 fully saturated rings. The Morgan fingerprint density at radius 3 is 2.39 bits per heavy atom. The first-order valence-corrected chi connectivity index (χ1v) is 12.8. The Labute approximate surface area is 219 Å². The van der Waals surface area contributed by atoms with Crippen molar-refractivity contribution in [2.75, 3.05) is 18.6 Å².